The summed E-state index contributed by atoms with van der Waals surface area (Å²) in [4.78, 5) is 45.7. The number of esters is 1. The molecule has 24 atom stereocenters. The molecule has 2 aromatic carbocycles. The van der Waals surface area contributed by atoms with Crippen molar-refractivity contribution in [2.75, 3.05) is 35.4 Å². The first-order valence-corrected chi connectivity index (χ1v) is 27.9. The smallest absolute Gasteiger partial charge is 0.316 e. The maximum atomic E-state index is 15.3. The van der Waals surface area contributed by atoms with E-state index < -0.39 is 197 Å². The molecule has 27 heteroatoms. The summed E-state index contributed by atoms with van der Waals surface area (Å²) in [5.74, 6) is -6.21. The Hall–Kier alpha value is -4.15. The van der Waals surface area contributed by atoms with E-state index in [2.05, 4.69) is 0 Å². The van der Waals surface area contributed by atoms with Crippen LogP contribution in [0.3, 0.4) is 0 Å². The standard InChI is InChI=1S/C56H78N2O25/c1-20-42(61)29(71-10)16-33(74-20)78-31-18-55(6,68)40(52(67)73-12)24-13-25-37(45(64)36(24)31)46(65)38-27(59)14-26-49(39(38)44(25)63)82-53-47(66)41(57(8)9)51(56(26,7)83-53)81-32-15-28(60)48(22(3)76-32)79-35-19-54(5,58(69)70)50(23(4)77-35)80-34-17-30(72-11)43(62)21(2)75-34/h13-14,20-23,28-35,40-43,47-48,50-51,53,59-62,64,66,68-70H,15-19H2,1-12H3. The van der Waals surface area contributed by atoms with Crippen molar-refractivity contribution in [1.29, 1.82) is 0 Å². The van der Waals surface area contributed by atoms with Gasteiger partial charge < -0.3 is 102 Å². The zero-order chi connectivity index (χ0) is 60.4. The molecule has 27 nitrogen and oxygen atoms in total. The monoisotopic (exact) mass is 1180 g/mol. The number of aliphatic hydroxyl groups is 5. The predicted molar refractivity (Wildman–Crippen MR) is 277 cm³/mol. The number of nitrogens with zero attached hydrogens (tertiary/aromatic N) is 2. The van der Waals surface area contributed by atoms with Crippen molar-refractivity contribution in [1.82, 2.24) is 10.1 Å². The van der Waals surface area contributed by atoms with Crippen molar-refractivity contribution in [3.05, 3.63) is 51.1 Å². The molecule has 0 saturated carbocycles. The Morgan fingerprint density at radius 2 is 1.27 bits per heavy atom. The van der Waals surface area contributed by atoms with Gasteiger partial charge in [0.05, 0.1) is 84.3 Å². The molecule has 0 aromatic heterocycles. The molecule has 6 heterocycles. The van der Waals surface area contributed by atoms with Gasteiger partial charge in [-0.3, -0.25) is 24.8 Å². The fourth-order valence-corrected chi connectivity index (χ4v) is 13.8. The third-order valence-electron chi connectivity index (χ3n) is 18.3. The maximum absolute atomic E-state index is 15.3. The minimum absolute atomic E-state index is 0.00699. The molecular weight excluding hydrogens is 1100 g/mol. The van der Waals surface area contributed by atoms with Crippen LogP contribution < -0.4 is 4.74 Å². The molecule has 10 rings (SSSR count). The average molecular weight is 1180 g/mol. The van der Waals surface area contributed by atoms with Gasteiger partial charge in [-0.05, 0) is 80.3 Å². The van der Waals surface area contributed by atoms with Gasteiger partial charge in [-0.25, -0.2) is 0 Å². The zero-order valence-corrected chi connectivity index (χ0v) is 48.3. The molecule has 462 valence electrons. The van der Waals surface area contributed by atoms with Gasteiger partial charge in [0.25, 0.3) is 0 Å². The quantitative estimate of drug-likeness (QED) is 0.0859. The van der Waals surface area contributed by atoms with Gasteiger partial charge in [-0.15, -0.1) is 0 Å². The first-order valence-electron chi connectivity index (χ1n) is 27.9. The number of hydroxylamine groups is 2. The predicted octanol–water partition coefficient (Wildman–Crippen LogP) is 1.24. The van der Waals surface area contributed by atoms with Gasteiger partial charge in [-0.2, -0.15) is 0 Å². The van der Waals surface area contributed by atoms with Crippen LogP contribution in [0.5, 0.6) is 17.2 Å². The number of methoxy groups -OCH3 is 3. The van der Waals surface area contributed by atoms with E-state index in [0.29, 0.717) is 0 Å². The summed E-state index contributed by atoms with van der Waals surface area (Å²) in [5.41, 5.74) is -7.47. The van der Waals surface area contributed by atoms with Gasteiger partial charge in [-0.1, -0.05) is 5.23 Å². The van der Waals surface area contributed by atoms with Crippen LogP contribution in [-0.4, -0.2) is 237 Å². The van der Waals surface area contributed by atoms with Crippen LogP contribution in [0.2, 0.25) is 0 Å². The van der Waals surface area contributed by atoms with Crippen LogP contribution in [0.15, 0.2) is 12.1 Å². The summed E-state index contributed by atoms with van der Waals surface area (Å²) < 4.78 is 79.2. The lowest BCUT2D eigenvalue weighted by atomic mass is 9.68. The van der Waals surface area contributed by atoms with E-state index in [1.54, 1.807) is 53.6 Å². The van der Waals surface area contributed by atoms with Crippen molar-refractivity contribution < 1.29 is 122 Å². The molecular formula is C56H78N2O25. The number of likely N-dealkylation sites (N-methyl/N-ethyl adjacent to an activating group) is 1. The number of aromatic hydroxyl groups is 2. The molecule has 2 aromatic rings. The second kappa shape index (κ2) is 22.9. The van der Waals surface area contributed by atoms with Crippen LogP contribution in [0, 0.1) is 0 Å². The second-order valence-corrected chi connectivity index (χ2v) is 24.1. The fourth-order valence-electron chi connectivity index (χ4n) is 13.8. The third kappa shape index (κ3) is 10.5. The largest absolute Gasteiger partial charge is 0.507 e. The van der Waals surface area contributed by atoms with E-state index >= 15 is 9.59 Å². The van der Waals surface area contributed by atoms with Gasteiger partial charge in [0, 0.05) is 63.0 Å². The zero-order valence-electron chi connectivity index (χ0n) is 48.3. The van der Waals surface area contributed by atoms with E-state index in [1.807, 2.05) is 0 Å². The Morgan fingerprint density at radius 1 is 0.687 bits per heavy atom. The van der Waals surface area contributed by atoms with Gasteiger partial charge in [0.1, 0.15) is 70.9 Å². The van der Waals surface area contributed by atoms with E-state index in [9.17, 15) is 51.0 Å². The van der Waals surface area contributed by atoms with Crippen molar-refractivity contribution in [2.24, 2.45) is 0 Å². The second-order valence-electron chi connectivity index (χ2n) is 24.1. The van der Waals surface area contributed by atoms with Crippen molar-refractivity contribution in [3.8, 4) is 17.2 Å². The molecule has 6 aliphatic heterocycles. The normalized spacial score (nSPS) is 43.2. The Bertz CT molecular complexity index is 2790. The highest BCUT2D eigenvalue weighted by Gasteiger charge is 2.62. The van der Waals surface area contributed by atoms with Crippen molar-refractivity contribution in [3.63, 3.8) is 0 Å². The van der Waals surface area contributed by atoms with Crippen molar-refractivity contribution in [2.45, 2.75) is 226 Å². The van der Waals surface area contributed by atoms with E-state index in [0.717, 1.165) is 7.11 Å². The molecule has 2 bridgehead atoms. The summed E-state index contributed by atoms with van der Waals surface area (Å²) in [7, 11) is 7.31. The summed E-state index contributed by atoms with van der Waals surface area (Å²) in [5, 5.41) is 103. The number of phenolic OH excluding ortho intramolecular Hbond substituents is 2. The van der Waals surface area contributed by atoms with Gasteiger partial charge in [0.15, 0.2) is 30.9 Å². The van der Waals surface area contributed by atoms with Crippen LogP contribution >= 0.6 is 0 Å². The number of benzene rings is 2. The third-order valence-corrected chi connectivity index (χ3v) is 18.3. The number of ether oxygens (including phenoxy) is 13. The first kappa shape index (κ1) is 61.9. The van der Waals surface area contributed by atoms with E-state index in [-0.39, 0.29) is 59.8 Å². The highest BCUT2D eigenvalue weighted by atomic mass is 16.8. The average Bonchev–Trinajstić information content (AvgIpc) is 1.98. The number of fused-ring (bicyclic) bond motifs is 8. The maximum Gasteiger partial charge on any atom is 0.316 e. The number of ketones is 2. The van der Waals surface area contributed by atoms with E-state index in [4.69, 9.17) is 61.6 Å². The number of carbonyl (C=O) groups excluding carboxylic acids is 3. The Balaban J connectivity index is 0.931. The molecule has 8 aliphatic rings. The Kier molecular flexibility index (Phi) is 17.0. The Morgan fingerprint density at radius 3 is 1.84 bits per heavy atom. The molecule has 0 amide bonds. The minimum atomic E-state index is -1.95. The molecule has 2 aliphatic carbocycles. The number of rotatable bonds is 13. The topological polar surface area (TPSA) is 360 Å². The summed E-state index contributed by atoms with van der Waals surface area (Å²) in [6, 6.07) is 1.41. The molecule has 83 heavy (non-hydrogen) atoms. The van der Waals surface area contributed by atoms with Crippen molar-refractivity contribution >= 4 is 17.5 Å². The van der Waals surface area contributed by atoms with E-state index in [1.165, 1.54) is 40.2 Å². The van der Waals surface area contributed by atoms with Crippen LogP contribution in [0.4, 0.5) is 0 Å². The SMILES string of the molecule is COC(=O)C1c2cc3c(c(O)c2C(OC2CC(OC)C(O)C(C)O2)CC1(C)O)C(=O)c1c(O)cc2c(c1C3=O)OC1OC2(C)C(OC2CC(O)C(OC3CC(C)(N(O)O)C(OC4CC(OC)C(O)C(C)O4)C(C)O3)C(C)O2)C(N(C)C)C1O. The highest BCUT2D eigenvalue weighted by Crippen LogP contribution is 2.57. The van der Waals surface area contributed by atoms with Gasteiger partial charge in [0.2, 0.25) is 12.1 Å². The minimum Gasteiger partial charge on any atom is -0.507 e. The first-order chi connectivity index (χ1) is 39.0. The fraction of sp³-hybridized carbons (Fsp3) is 0.732. The van der Waals surface area contributed by atoms with Crippen LogP contribution in [0.25, 0.3) is 0 Å². The van der Waals surface area contributed by atoms with Crippen LogP contribution in [-0.2, 0) is 67.2 Å². The highest BCUT2D eigenvalue weighted by molar-refractivity contribution is 6.31. The number of aliphatic hydroxyl groups excluding tert-OH is 4. The summed E-state index contributed by atoms with van der Waals surface area (Å²) in [6.45, 7) is 11.0. The number of phenols is 2. The number of hydrogen-bond donors (Lipinski definition) is 9. The molecule has 5 fully saturated rings. The summed E-state index contributed by atoms with van der Waals surface area (Å²) >= 11 is 0. The lowest BCUT2D eigenvalue weighted by Gasteiger charge is -2.56. The lowest BCUT2D eigenvalue weighted by molar-refractivity contribution is -0.422. The molecule has 0 spiro atoms. The molecule has 24 unspecified atom stereocenters. The van der Waals surface area contributed by atoms with Crippen LogP contribution in [0.1, 0.15) is 141 Å². The molecule has 9 N–H and O–H groups in total. The molecule has 5 saturated heterocycles. The Labute approximate surface area is 478 Å². The lowest BCUT2D eigenvalue weighted by Crippen LogP contribution is -2.70. The number of carbonyl (C=O) groups is 3. The van der Waals surface area contributed by atoms with Gasteiger partial charge >= 0.3 is 5.97 Å². The molecule has 0 radical (unpaired) electrons. The summed E-state index contributed by atoms with van der Waals surface area (Å²) in [6.07, 6.45) is -20.4. The number of hydrogen-bond acceptors (Lipinski definition) is 27.